The highest BCUT2D eigenvalue weighted by atomic mass is 16.5. The van der Waals surface area contributed by atoms with Gasteiger partial charge in [0.15, 0.2) is 0 Å². The van der Waals surface area contributed by atoms with Gasteiger partial charge in [-0.25, -0.2) is 0 Å². The molecule has 0 aromatic heterocycles. The van der Waals surface area contributed by atoms with Crippen molar-refractivity contribution in [3.05, 3.63) is 36.5 Å². The predicted molar refractivity (Wildman–Crippen MR) is 375 cm³/mol. The zero-order valence-corrected chi connectivity index (χ0v) is 57.6. The molecular weight excluding hydrogens is 1040 g/mol. The monoisotopic (exact) mass is 1190 g/mol. The lowest BCUT2D eigenvalue weighted by Gasteiger charge is -2.22. The lowest BCUT2D eigenvalue weighted by atomic mass is 10.0. The summed E-state index contributed by atoms with van der Waals surface area (Å²) in [4.78, 5) is 24.7. The third-order valence-corrected chi connectivity index (χ3v) is 18.2. The maximum Gasteiger partial charge on any atom is 0.305 e. The van der Waals surface area contributed by atoms with Crippen molar-refractivity contribution >= 4 is 11.9 Å². The summed E-state index contributed by atoms with van der Waals surface area (Å²) in [7, 11) is 0. The molecule has 1 amide bonds. The fourth-order valence-corrected chi connectivity index (χ4v) is 12.3. The third kappa shape index (κ3) is 71.0. The quantitative estimate of drug-likeness (QED) is 0.0320. The number of unbranched alkanes of at least 4 members (excludes halogenated alkanes) is 56. The van der Waals surface area contributed by atoms with Gasteiger partial charge in [0.05, 0.1) is 25.4 Å². The number of allylic oxidation sites excluding steroid dienone is 6. The van der Waals surface area contributed by atoms with Crippen molar-refractivity contribution in [1.82, 2.24) is 5.32 Å². The van der Waals surface area contributed by atoms with Gasteiger partial charge in [0, 0.05) is 12.8 Å². The van der Waals surface area contributed by atoms with E-state index in [1.807, 2.05) is 0 Å². The zero-order valence-electron chi connectivity index (χ0n) is 57.6. The number of rotatable bonds is 73. The Balaban J connectivity index is 3.42. The van der Waals surface area contributed by atoms with Gasteiger partial charge < -0.3 is 20.3 Å². The van der Waals surface area contributed by atoms with Crippen LogP contribution in [-0.4, -0.2) is 47.4 Å². The average Bonchev–Trinajstić information content (AvgIpc) is 3.51. The normalized spacial score (nSPS) is 12.7. The van der Waals surface area contributed by atoms with Gasteiger partial charge >= 0.3 is 5.97 Å². The van der Waals surface area contributed by atoms with Crippen LogP contribution in [0, 0.1) is 0 Å². The Morgan fingerprint density at radius 3 is 0.906 bits per heavy atom. The average molecular weight is 1200 g/mol. The van der Waals surface area contributed by atoms with Crippen LogP contribution < -0.4 is 5.32 Å². The first-order valence-corrected chi connectivity index (χ1v) is 38.7. The summed E-state index contributed by atoms with van der Waals surface area (Å²) >= 11 is 0. The summed E-state index contributed by atoms with van der Waals surface area (Å²) in [6.45, 7) is 4.99. The van der Waals surface area contributed by atoms with Gasteiger partial charge in [-0.1, -0.05) is 371 Å². The van der Waals surface area contributed by atoms with Gasteiger partial charge in [0.1, 0.15) is 0 Å². The first-order chi connectivity index (χ1) is 42.0. The minimum Gasteiger partial charge on any atom is -0.466 e. The van der Waals surface area contributed by atoms with Gasteiger partial charge in [-0.05, 0) is 83.5 Å². The van der Waals surface area contributed by atoms with E-state index < -0.39 is 12.1 Å². The van der Waals surface area contributed by atoms with Crippen LogP contribution in [-0.2, 0) is 14.3 Å². The number of hydrogen-bond donors (Lipinski definition) is 3. The molecule has 0 saturated carbocycles. The van der Waals surface area contributed by atoms with Gasteiger partial charge in [-0.15, -0.1) is 0 Å². The van der Waals surface area contributed by atoms with E-state index in [-0.39, 0.29) is 18.5 Å². The van der Waals surface area contributed by atoms with E-state index in [0.29, 0.717) is 25.9 Å². The number of nitrogens with one attached hydrogen (secondary N) is 1. The number of esters is 1. The first-order valence-electron chi connectivity index (χ1n) is 38.7. The Kier molecular flexibility index (Phi) is 72.9. The third-order valence-electron chi connectivity index (χ3n) is 18.2. The molecular formula is C79H151NO5. The predicted octanol–water partition coefficient (Wildman–Crippen LogP) is 25.4. The number of amides is 1. The number of carbonyl (C=O) groups excluding carboxylic acids is 2. The van der Waals surface area contributed by atoms with Gasteiger partial charge in [-0.3, -0.25) is 9.59 Å². The molecule has 3 N–H and O–H groups in total. The van der Waals surface area contributed by atoms with E-state index >= 15 is 0 Å². The topological polar surface area (TPSA) is 95.9 Å². The second-order valence-electron chi connectivity index (χ2n) is 26.7. The molecule has 0 fully saturated rings. The van der Waals surface area contributed by atoms with Crippen LogP contribution in [0.4, 0.5) is 0 Å². The molecule has 0 aliphatic rings. The molecule has 2 unspecified atom stereocenters. The highest BCUT2D eigenvalue weighted by Gasteiger charge is 2.20. The SMILES string of the molecule is CCCCCCCCC/C=C\CCCCCCCCCC(=O)OCCCCCCCCCCC/C=C\C/C=C\CCCCCCCCCCCC(=O)NC(CO)C(O)CCCCCCCCCCCCCCCCCCCCCCCCCCC. The summed E-state index contributed by atoms with van der Waals surface area (Å²) in [5.74, 6) is -0.0292. The Hall–Kier alpha value is -1.92. The summed E-state index contributed by atoms with van der Waals surface area (Å²) in [6.07, 6.45) is 96.4. The molecule has 6 nitrogen and oxygen atoms in total. The van der Waals surface area contributed by atoms with Crippen LogP contribution in [0.1, 0.15) is 431 Å². The number of hydrogen-bond acceptors (Lipinski definition) is 5. The van der Waals surface area contributed by atoms with Gasteiger partial charge in [-0.2, -0.15) is 0 Å². The summed E-state index contributed by atoms with van der Waals surface area (Å²) in [5, 5.41) is 23.5. The Labute approximate surface area is 532 Å². The van der Waals surface area contributed by atoms with Crippen LogP contribution in [0.5, 0.6) is 0 Å². The highest BCUT2D eigenvalue weighted by molar-refractivity contribution is 5.76. The van der Waals surface area contributed by atoms with E-state index in [1.54, 1.807) is 0 Å². The second-order valence-corrected chi connectivity index (χ2v) is 26.7. The minimum atomic E-state index is -0.671. The standard InChI is InChI=1S/C79H151NO5/c1-3-5-7-9-11-13-15-17-19-21-23-24-25-27-30-33-36-39-43-47-51-55-59-63-67-71-77(82)76(75-81)80-78(83)72-68-64-60-56-52-48-44-40-37-34-31-28-26-29-32-35-38-42-46-50-54-58-62-66-70-74-85-79(84)73-69-65-61-57-53-49-45-41-22-20-18-16-14-12-10-8-6-4-2/h20,22,28-29,31-32,76-77,81-82H,3-19,21,23-27,30,33-75H2,1-2H3,(H,80,83)/b22-20-,31-28-,32-29-. The number of ether oxygens (including phenoxy) is 1. The van der Waals surface area contributed by atoms with E-state index in [2.05, 4.69) is 55.6 Å². The zero-order chi connectivity index (χ0) is 61.3. The summed E-state index contributed by atoms with van der Waals surface area (Å²) < 4.78 is 5.50. The maximum absolute atomic E-state index is 12.6. The van der Waals surface area contributed by atoms with Crippen LogP contribution in [0.2, 0.25) is 0 Å². The Bertz CT molecular complexity index is 1380. The van der Waals surface area contributed by atoms with Crippen molar-refractivity contribution < 1.29 is 24.5 Å². The molecule has 0 aromatic rings. The summed E-state index contributed by atoms with van der Waals surface area (Å²) in [6, 6.07) is -0.548. The van der Waals surface area contributed by atoms with Crippen molar-refractivity contribution in [2.75, 3.05) is 13.2 Å². The molecule has 502 valence electrons. The smallest absolute Gasteiger partial charge is 0.305 e. The lowest BCUT2D eigenvalue weighted by Crippen LogP contribution is -2.45. The molecule has 0 spiro atoms. The highest BCUT2D eigenvalue weighted by Crippen LogP contribution is 2.19. The molecule has 0 aromatic carbocycles. The molecule has 0 aliphatic carbocycles. The van der Waals surface area contributed by atoms with Crippen molar-refractivity contribution in [2.24, 2.45) is 0 Å². The Morgan fingerprint density at radius 1 is 0.329 bits per heavy atom. The van der Waals surface area contributed by atoms with Crippen LogP contribution in [0.3, 0.4) is 0 Å². The fraction of sp³-hybridized carbons (Fsp3) is 0.899. The van der Waals surface area contributed by atoms with Crippen molar-refractivity contribution in [2.45, 2.75) is 443 Å². The minimum absolute atomic E-state index is 0.00708. The molecule has 0 aliphatic heterocycles. The molecule has 0 saturated heterocycles. The van der Waals surface area contributed by atoms with E-state index in [4.69, 9.17) is 4.74 Å². The van der Waals surface area contributed by atoms with Crippen LogP contribution in [0.25, 0.3) is 0 Å². The molecule has 0 radical (unpaired) electrons. The van der Waals surface area contributed by atoms with E-state index in [9.17, 15) is 19.8 Å². The van der Waals surface area contributed by atoms with E-state index in [1.165, 1.54) is 347 Å². The lowest BCUT2D eigenvalue weighted by molar-refractivity contribution is -0.143. The maximum atomic E-state index is 12.6. The molecule has 0 heterocycles. The van der Waals surface area contributed by atoms with Crippen LogP contribution >= 0.6 is 0 Å². The first kappa shape index (κ1) is 83.1. The molecule has 85 heavy (non-hydrogen) atoms. The molecule has 0 rings (SSSR count). The van der Waals surface area contributed by atoms with E-state index in [0.717, 1.165) is 51.4 Å². The van der Waals surface area contributed by atoms with Crippen molar-refractivity contribution in [3.8, 4) is 0 Å². The summed E-state index contributed by atoms with van der Waals surface area (Å²) in [5.41, 5.74) is 0. The molecule has 6 heteroatoms. The fourth-order valence-electron chi connectivity index (χ4n) is 12.3. The largest absolute Gasteiger partial charge is 0.466 e. The van der Waals surface area contributed by atoms with Crippen LogP contribution in [0.15, 0.2) is 36.5 Å². The van der Waals surface area contributed by atoms with Crippen molar-refractivity contribution in [1.29, 1.82) is 0 Å². The van der Waals surface area contributed by atoms with Crippen molar-refractivity contribution in [3.63, 3.8) is 0 Å². The Morgan fingerprint density at radius 2 is 0.588 bits per heavy atom. The number of carbonyl (C=O) groups is 2. The van der Waals surface area contributed by atoms with Gasteiger partial charge in [0.2, 0.25) is 5.91 Å². The molecule has 0 bridgehead atoms. The number of aliphatic hydroxyl groups is 2. The second kappa shape index (κ2) is 74.5. The number of aliphatic hydroxyl groups excluding tert-OH is 2. The van der Waals surface area contributed by atoms with Gasteiger partial charge in [0.25, 0.3) is 0 Å². The molecule has 2 atom stereocenters.